The Morgan fingerprint density at radius 2 is 1.88 bits per heavy atom. The van der Waals surface area contributed by atoms with Gasteiger partial charge in [0, 0.05) is 30.0 Å². The highest BCUT2D eigenvalue weighted by molar-refractivity contribution is 8.03. The quantitative estimate of drug-likeness (QED) is 0.559. The number of Topliss-reactive ketones (excluding diaryl/α,β-unsaturated/α-hetero) is 1. The van der Waals surface area contributed by atoms with Gasteiger partial charge in [-0.2, -0.15) is 4.31 Å². The van der Waals surface area contributed by atoms with Crippen molar-refractivity contribution in [3.05, 3.63) is 23.8 Å². The Labute approximate surface area is 143 Å². The van der Waals surface area contributed by atoms with Gasteiger partial charge >= 0.3 is 5.97 Å². The number of esters is 1. The van der Waals surface area contributed by atoms with Crippen LogP contribution in [0.1, 0.15) is 16.8 Å². The van der Waals surface area contributed by atoms with Crippen molar-refractivity contribution < 1.29 is 27.5 Å². The lowest BCUT2D eigenvalue weighted by atomic mass is 9.96. The number of hydrogen-bond acceptors (Lipinski definition) is 7. The molecule has 3 heterocycles. The highest BCUT2D eigenvalue weighted by atomic mass is 32.2. The average molecular weight is 369 g/mol. The van der Waals surface area contributed by atoms with Crippen molar-refractivity contribution in [2.75, 3.05) is 32.9 Å². The fourth-order valence-electron chi connectivity index (χ4n) is 3.13. The van der Waals surface area contributed by atoms with Gasteiger partial charge in [0.2, 0.25) is 10.0 Å². The lowest BCUT2D eigenvalue weighted by Crippen LogP contribution is -2.40. The molecule has 7 nitrogen and oxygen atoms in total. The lowest BCUT2D eigenvalue weighted by Gasteiger charge is -2.26. The first-order valence-corrected chi connectivity index (χ1v) is 9.84. The van der Waals surface area contributed by atoms with E-state index in [2.05, 4.69) is 0 Å². The molecule has 0 bridgehead atoms. The summed E-state index contributed by atoms with van der Waals surface area (Å²) >= 11 is 1.16. The highest BCUT2D eigenvalue weighted by Gasteiger charge is 2.57. The number of carbonyl (C=O) groups excluding carboxylic acids is 2. The first kappa shape index (κ1) is 16.1. The first-order chi connectivity index (χ1) is 11.4. The molecule has 1 unspecified atom stereocenters. The molecular formula is C15H15NO6S2. The van der Waals surface area contributed by atoms with Gasteiger partial charge in [-0.05, 0) is 18.2 Å². The maximum absolute atomic E-state index is 12.7. The largest absolute Gasteiger partial charge is 0.464 e. The summed E-state index contributed by atoms with van der Waals surface area (Å²) in [6.45, 7) is 1.50. The third-order valence-electron chi connectivity index (χ3n) is 4.47. The number of sulfonamides is 1. The van der Waals surface area contributed by atoms with Gasteiger partial charge in [-0.15, -0.1) is 0 Å². The maximum Gasteiger partial charge on any atom is 0.330 e. The molecule has 0 radical (unpaired) electrons. The normalized spacial score (nSPS) is 27.5. The summed E-state index contributed by atoms with van der Waals surface area (Å²) in [4.78, 5) is 25.4. The summed E-state index contributed by atoms with van der Waals surface area (Å²) in [6.07, 6.45) is 0.315. The molecule has 0 saturated carbocycles. The van der Waals surface area contributed by atoms with Gasteiger partial charge in [0.1, 0.15) is 0 Å². The number of thioether (sulfide) groups is 1. The van der Waals surface area contributed by atoms with Crippen LogP contribution in [0.4, 0.5) is 0 Å². The predicted octanol–water partition coefficient (Wildman–Crippen LogP) is 0.682. The van der Waals surface area contributed by atoms with Crippen LogP contribution < -0.4 is 0 Å². The Balaban J connectivity index is 1.71. The summed E-state index contributed by atoms with van der Waals surface area (Å²) in [5.41, 5.74) is 0.285. The first-order valence-electron chi connectivity index (χ1n) is 7.58. The zero-order valence-electron chi connectivity index (χ0n) is 12.7. The molecule has 2 fully saturated rings. The standard InChI is InChI=1S/C15H15NO6S2/c17-13-11-9-10(24(19,20)16-4-7-21-8-5-16)1-2-12(11)23-15(13)3-6-22-14(15)18/h1-2,9H,3-8H2. The summed E-state index contributed by atoms with van der Waals surface area (Å²) < 4.78 is 35.7. The second-order valence-electron chi connectivity index (χ2n) is 5.82. The summed E-state index contributed by atoms with van der Waals surface area (Å²) in [5.74, 6) is -0.893. The van der Waals surface area contributed by atoms with Gasteiger partial charge in [-0.1, -0.05) is 11.8 Å². The van der Waals surface area contributed by atoms with Crippen molar-refractivity contribution in [1.82, 2.24) is 4.31 Å². The number of cyclic esters (lactones) is 1. The molecule has 128 valence electrons. The molecule has 2 saturated heterocycles. The molecule has 1 atom stereocenters. The average Bonchev–Trinajstić information content (AvgIpc) is 3.10. The van der Waals surface area contributed by atoms with Gasteiger partial charge in [-0.25, -0.2) is 8.42 Å². The van der Waals surface area contributed by atoms with Crippen molar-refractivity contribution in [2.24, 2.45) is 0 Å². The molecule has 3 aliphatic heterocycles. The number of nitrogens with zero attached hydrogens (tertiary/aromatic N) is 1. The molecule has 0 amide bonds. The molecular weight excluding hydrogens is 354 g/mol. The van der Waals surface area contributed by atoms with Crippen LogP contribution in [0.25, 0.3) is 0 Å². The number of morpholine rings is 1. The van der Waals surface area contributed by atoms with Crippen LogP contribution in [0.5, 0.6) is 0 Å². The van der Waals surface area contributed by atoms with Gasteiger partial charge in [0.15, 0.2) is 10.5 Å². The highest BCUT2D eigenvalue weighted by Crippen LogP contribution is 2.50. The molecule has 1 spiro atoms. The summed E-state index contributed by atoms with van der Waals surface area (Å²) in [6, 6.07) is 4.48. The molecule has 9 heteroatoms. The lowest BCUT2D eigenvalue weighted by molar-refractivity contribution is -0.138. The monoisotopic (exact) mass is 369 g/mol. The Bertz CT molecular complexity index is 830. The third kappa shape index (κ3) is 2.22. The van der Waals surface area contributed by atoms with Crippen LogP contribution in [-0.4, -0.2) is 62.1 Å². The molecule has 0 N–H and O–H groups in total. The van der Waals surface area contributed by atoms with Crippen molar-refractivity contribution in [3.8, 4) is 0 Å². The van der Waals surface area contributed by atoms with E-state index < -0.39 is 20.7 Å². The minimum atomic E-state index is -3.68. The van der Waals surface area contributed by atoms with E-state index in [9.17, 15) is 18.0 Å². The van der Waals surface area contributed by atoms with E-state index >= 15 is 0 Å². The predicted molar refractivity (Wildman–Crippen MR) is 84.5 cm³/mol. The summed E-state index contributed by atoms with van der Waals surface area (Å²) in [5, 5.41) is 0. The number of carbonyl (C=O) groups is 2. The Morgan fingerprint density at radius 3 is 2.54 bits per heavy atom. The molecule has 3 aliphatic rings. The second-order valence-corrected chi connectivity index (χ2v) is 9.10. The van der Waals surface area contributed by atoms with Crippen molar-refractivity contribution in [2.45, 2.75) is 21.0 Å². The van der Waals surface area contributed by atoms with Crippen LogP contribution >= 0.6 is 11.8 Å². The topological polar surface area (TPSA) is 90.0 Å². The van der Waals surface area contributed by atoms with E-state index in [0.29, 0.717) is 37.6 Å². The fourth-order valence-corrected chi connectivity index (χ4v) is 5.87. The van der Waals surface area contributed by atoms with Gasteiger partial charge in [-0.3, -0.25) is 9.59 Å². The van der Waals surface area contributed by atoms with Gasteiger partial charge in [0.05, 0.1) is 24.7 Å². The van der Waals surface area contributed by atoms with Gasteiger partial charge < -0.3 is 9.47 Å². The zero-order valence-corrected chi connectivity index (χ0v) is 14.3. The molecule has 1 aromatic rings. The van der Waals surface area contributed by atoms with Crippen LogP contribution in [0.15, 0.2) is 28.0 Å². The number of hydrogen-bond donors (Lipinski definition) is 0. The molecule has 1 aromatic carbocycles. The number of ether oxygens (including phenoxy) is 2. The minimum absolute atomic E-state index is 0.0699. The molecule has 24 heavy (non-hydrogen) atoms. The summed E-state index contributed by atoms with van der Waals surface area (Å²) in [7, 11) is -3.68. The molecule has 4 rings (SSSR count). The maximum atomic E-state index is 12.7. The van der Waals surface area contributed by atoms with Gasteiger partial charge in [0.25, 0.3) is 0 Å². The minimum Gasteiger partial charge on any atom is -0.464 e. The van der Waals surface area contributed by atoms with Crippen LogP contribution in [0, 0.1) is 0 Å². The van der Waals surface area contributed by atoms with Crippen molar-refractivity contribution >= 4 is 33.5 Å². The van der Waals surface area contributed by atoms with E-state index in [1.165, 1.54) is 16.4 Å². The van der Waals surface area contributed by atoms with Crippen molar-refractivity contribution in [3.63, 3.8) is 0 Å². The Hall–Kier alpha value is -1.42. The molecule has 0 aliphatic carbocycles. The van der Waals surface area contributed by atoms with Crippen LogP contribution in [-0.2, 0) is 24.3 Å². The second kappa shape index (κ2) is 5.55. The number of rotatable bonds is 2. The number of ketones is 1. The van der Waals surface area contributed by atoms with Crippen molar-refractivity contribution in [1.29, 1.82) is 0 Å². The molecule has 0 aromatic heterocycles. The van der Waals surface area contributed by atoms with E-state index in [-0.39, 0.29) is 22.8 Å². The van der Waals surface area contributed by atoms with Crippen LogP contribution in [0.2, 0.25) is 0 Å². The third-order valence-corrected chi connectivity index (χ3v) is 7.85. The zero-order chi connectivity index (χ0) is 16.9. The Kier molecular flexibility index (Phi) is 3.72. The fraction of sp³-hybridized carbons (Fsp3) is 0.467. The Morgan fingerprint density at radius 1 is 1.12 bits per heavy atom. The smallest absolute Gasteiger partial charge is 0.330 e. The number of fused-ring (bicyclic) bond motifs is 1. The van der Waals surface area contributed by atoms with E-state index in [1.807, 2.05) is 0 Å². The number of benzene rings is 1. The van der Waals surface area contributed by atoms with E-state index in [0.717, 1.165) is 11.8 Å². The van der Waals surface area contributed by atoms with E-state index in [4.69, 9.17) is 9.47 Å². The van der Waals surface area contributed by atoms with Crippen LogP contribution in [0.3, 0.4) is 0 Å². The van der Waals surface area contributed by atoms with E-state index in [1.54, 1.807) is 6.07 Å². The SMILES string of the molecule is O=C1OCCC12Sc1ccc(S(=O)(=O)N3CCOCC3)cc1C2=O.